The van der Waals surface area contributed by atoms with Gasteiger partial charge in [-0.2, -0.15) is 0 Å². The van der Waals surface area contributed by atoms with Gasteiger partial charge in [0.1, 0.15) is 0 Å². The van der Waals surface area contributed by atoms with Crippen LogP contribution in [0.2, 0.25) is 10.0 Å². The van der Waals surface area contributed by atoms with Crippen LogP contribution in [-0.2, 0) is 10.0 Å². The van der Waals surface area contributed by atoms with E-state index in [9.17, 15) is 17.2 Å². The average molecular weight is 453 g/mol. The van der Waals surface area contributed by atoms with Gasteiger partial charge in [-0.15, -0.1) is 8.78 Å². The molecule has 0 spiro atoms. The molecule has 6 nitrogen and oxygen atoms in total. The largest absolute Gasteiger partial charge is 0.586 e. The van der Waals surface area contributed by atoms with E-state index in [1.54, 1.807) is 37.2 Å². The van der Waals surface area contributed by atoms with Crippen molar-refractivity contribution in [2.45, 2.75) is 17.2 Å². The summed E-state index contributed by atoms with van der Waals surface area (Å²) < 4.78 is 63.2. The summed E-state index contributed by atoms with van der Waals surface area (Å²) >= 11 is 12.0. The number of nitrogens with one attached hydrogen (secondary N) is 1. The zero-order valence-electron chi connectivity index (χ0n) is 14.7. The molecule has 0 aromatic heterocycles. The molecule has 11 heteroatoms. The number of nitrogens with zero attached hydrogens (tertiary/aromatic N) is 1. The Bertz CT molecular complexity index is 1000. The van der Waals surface area contributed by atoms with Gasteiger partial charge in [-0.05, 0) is 43.9 Å². The lowest BCUT2D eigenvalue weighted by atomic mass is 10.1. The third kappa shape index (κ3) is 4.66. The number of hydrogen-bond acceptors (Lipinski definition) is 5. The quantitative estimate of drug-likeness (QED) is 0.719. The Morgan fingerprint density at radius 1 is 1.07 bits per heavy atom. The Morgan fingerprint density at radius 3 is 2.39 bits per heavy atom. The predicted octanol–water partition coefficient (Wildman–Crippen LogP) is 3.90. The Labute approximate surface area is 171 Å². The van der Waals surface area contributed by atoms with E-state index in [0.717, 1.165) is 18.2 Å². The molecule has 2 aromatic rings. The number of benzene rings is 2. The lowest BCUT2D eigenvalue weighted by Crippen LogP contribution is -2.35. The number of halogens is 4. The van der Waals surface area contributed by atoms with Crippen molar-refractivity contribution in [2.24, 2.45) is 0 Å². The predicted molar refractivity (Wildman–Crippen MR) is 101 cm³/mol. The van der Waals surface area contributed by atoms with Crippen LogP contribution >= 0.6 is 23.2 Å². The van der Waals surface area contributed by atoms with Crippen molar-refractivity contribution in [3.05, 3.63) is 52.0 Å². The van der Waals surface area contributed by atoms with Gasteiger partial charge in [0.25, 0.3) is 0 Å². The van der Waals surface area contributed by atoms with Crippen molar-refractivity contribution >= 4 is 33.2 Å². The number of alkyl halides is 2. The van der Waals surface area contributed by atoms with Gasteiger partial charge >= 0.3 is 6.29 Å². The number of likely N-dealkylation sites (N-methyl/N-ethyl adjacent to an activating group) is 1. The molecule has 0 bridgehead atoms. The van der Waals surface area contributed by atoms with Crippen molar-refractivity contribution in [2.75, 3.05) is 20.6 Å². The van der Waals surface area contributed by atoms with E-state index in [0.29, 0.717) is 17.1 Å². The van der Waals surface area contributed by atoms with Crippen LogP contribution in [0, 0.1) is 0 Å². The summed E-state index contributed by atoms with van der Waals surface area (Å²) in [5.74, 6) is -0.593. The molecule has 1 aliphatic rings. The molecule has 1 N–H and O–H groups in total. The van der Waals surface area contributed by atoms with E-state index < -0.39 is 22.4 Å². The van der Waals surface area contributed by atoms with Crippen LogP contribution in [0.25, 0.3) is 0 Å². The lowest BCUT2D eigenvalue weighted by Gasteiger charge is -2.23. The molecule has 0 radical (unpaired) electrons. The molecule has 0 fully saturated rings. The van der Waals surface area contributed by atoms with E-state index in [1.807, 2.05) is 0 Å². The molecule has 1 aliphatic heterocycles. The number of hydrogen-bond donors (Lipinski definition) is 1. The van der Waals surface area contributed by atoms with Crippen LogP contribution in [-0.4, -0.2) is 40.3 Å². The Balaban J connectivity index is 1.91. The molecule has 0 saturated carbocycles. The second-order valence-electron chi connectivity index (χ2n) is 6.39. The third-order valence-corrected chi connectivity index (χ3v) is 6.08. The Morgan fingerprint density at radius 2 is 1.75 bits per heavy atom. The maximum absolute atomic E-state index is 13.2. The van der Waals surface area contributed by atoms with Crippen molar-refractivity contribution in [3.8, 4) is 11.5 Å². The summed E-state index contributed by atoms with van der Waals surface area (Å²) in [5, 5.41) is 0.626. The second-order valence-corrected chi connectivity index (χ2v) is 8.91. The van der Waals surface area contributed by atoms with Crippen LogP contribution in [0.3, 0.4) is 0 Å². The van der Waals surface area contributed by atoms with E-state index in [4.69, 9.17) is 23.2 Å². The number of ether oxygens (including phenoxy) is 2. The standard InChI is InChI=1S/C17H16Cl2F2N2O4S/c1-23(2)9-14(10-3-5-12(18)13(19)7-10)22-28(24,25)11-4-6-15-16(8-11)27-17(20,21)26-15/h3-8,14,22H,9H2,1-2H3/t14-/m0/s1. The molecular formula is C17H16Cl2F2N2O4S. The third-order valence-electron chi connectivity index (χ3n) is 3.87. The topological polar surface area (TPSA) is 67.9 Å². The minimum Gasteiger partial charge on any atom is -0.395 e. The summed E-state index contributed by atoms with van der Waals surface area (Å²) in [7, 11) is -0.510. The van der Waals surface area contributed by atoms with Gasteiger partial charge in [-0.1, -0.05) is 29.3 Å². The fourth-order valence-electron chi connectivity index (χ4n) is 2.66. The monoisotopic (exact) mass is 452 g/mol. The van der Waals surface area contributed by atoms with E-state index in [1.165, 1.54) is 0 Å². The smallest absolute Gasteiger partial charge is 0.395 e. The fraction of sp³-hybridized carbons (Fsp3) is 0.294. The van der Waals surface area contributed by atoms with E-state index in [2.05, 4.69) is 14.2 Å². The molecule has 1 atom stereocenters. The first-order chi connectivity index (χ1) is 13.0. The van der Waals surface area contributed by atoms with Crippen molar-refractivity contribution in [3.63, 3.8) is 0 Å². The van der Waals surface area contributed by atoms with Gasteiger partial charge in [-0.25, -0.2) is 13.1 Å². The molecule has 1 heterocycles. The first-order valence-electron chi connectivity index (χ1n) is 7.99. The van der Waals surface area contributed by atoms with E-state index >= 15 is 0 Å². The summed E-state index contributed by atoms with van der Waals surface area (Å²) in [5.41, 5.74) is 0.596. The highest BCUT2D eigenvalue weighted by Crippen LogP contribution is 2.42. The summed E-state index contributed by atoms with van der Waals surface area (Å²) in [4.78, 5) is 1.55. The lowest BCUT2D eigenvalue weighted by molar-refractivity contribution is -0.286. The maximum Gasteiger partial charge on any atom is 0.586 e. The molecule has 152 valence electrons. The molecule has 2 aromatic carbocycles. The minimum absolute atomic E-state index is 0.238. The molecule has 0 unspecified atom stereocenters. The van der Waals surface area contributed by atoms with Crippen LogP contribution in [0.15, 0.2) is 41.3 Å². The highest BCUT2D eigenvalue weighted by molar-refractivity contribution is 7.89. The van der Waals surface area contributed by atoms with Gasteiger partial charge < -0.3 is 14.4 Å². The Hall–Kier alpha value is -1.65. The first-order valence-corrected chi connectivity index (χ1v) is 10.2. The number of sulfonamides is 1. The van der Waals surface area contributed by atoms with Crippen LogP contribution in [0.5, 0.6) is 11.5 Å². The molecule has 28 heavy (non-hydrogen) atoms. The van der Waals surface area contributed by atoms with Gasteiger partial charge in [0.15, 0.2) is 11.5 Å². The Kier molecular flexibility index (Phi) is 5.75. The summed E-state index contributed by atoms with van der Waals surface area (Å²) in [6.07, 6.45) is -3.83. The van der Waals surface area contributed by atoms with Gasteiger partial charge in [-0.3, -0.25) is 0 Å². The fourth-order valence-corrected chi connectivity index (χ4v) is 4.19. The molecule has 0 saturated heterocycles. The van der Waals surface area contributed by atoms with E-state index in [-0.39, 0.29) is 21.4 Å². The molecule has 3 rings (SSSR count). The first kappa shape index (κ1) is 21.1. The van der Waals surface area contributed by atoms with Gasteiger partial charge in [0, 0.05) is 12.6 Å². The zero-order chi connectivity index (χ0) is 20.7. The van der Waals surface area contributed by atoms with Crippen LogP contribution in [0.1, 0.15) is 11.6 Å². The highest BCUT2D eigenvalue weighted by atomic mass is 35.5. The SMILES string of the molecule is CN(C)C[C@H](NS(=O)(=O)c1ccc2c(c1)OC(F)(F)O2)c1ccc(Cl)c(Cl)c1. The van der Waals surface area contributed by atoms with Crippen molar-refractivity contribution in [1.29, 1.82) is 0 Å². The molecule has 0 aliphatic carbocycles. The molecule has 0 amide bonds. The normalized spacial score (nSPS) is 16.4. The number of fused-ring (bicyclic) bond motifs is 1. The minimum atomic E-state index is -4.07. The number of rotatable bonds is 6. The van der Waals surface area contributed by atoms with Crippen molar-refractivity contribution < 1.29 is 26.7 Å². The molecular weight excluding hydrogens is 437 g/mol. The van der Waals surface area contributed by atoms with Crippen LogP contribution in [0.4, 0.5) is 8.78 Å². The average Bonchev–Trinajstić information content (AvgIpc) is 2.89. The van der Waals surface area contributed by atoms with Gasteiger partial charge in [0.05, 0.1) is 21.0 Å². The van der Waals surface area contributed by atoms with Crippen molar-refractivity contribution in [1.82, 2.24) is 9.62 Å². The van der Waals surface area contributed by atoms with Crippen LogP contribution < -0.4 is 14.2 Å². The maximum atomic E-state index is 13.2. The summed E-state index contributed by atoms with van der Waals surface area (Å²) in [6.45, 7) is 0.319. The highest BCUT2D eigenvalue weighted by Gasteiger charge is 2.43. The zero-order valence-corrected chi connectivity index (χ0v) is 17.1. The summed E-state index contributed by atoms with van der Waals surface area (Å²) in [6, 6.07) is 7.39. The second kappa shape index (κ2) is 7.64. The van der Waals surface area contributed by atoms with Gasteiger partial charge in [0.2, 0.25) is 10.0 Å².